The third kappa shape index (κ3) is 4.25. The molecule has 1 amide bonds. The van der Waals surface area contributed by atoms with Crippen molar-refractivity contribution in [3.8, 4) is 0 Å². The van der Waals surface area contributed by atoms with Gasteiger partial charge in [0.05, 0.1) is 12.5 Å². The number of rotatable bonds is 6. The van der Waals surface area contributed by atoms with Gasteiger partial charge in [0.1, 0.15) is 12.7 Å². The lowest BCUT2D eigenvalue weighted by Crippen LogP contribution is -2.49. The number of nitrogens with zero attached hydrogens (tertiary/aromatic N) is 4. The first kappa shape index (κ1) is 17.6. The SMILES string of the molecule is CC(Cn1cncn1)C(=O)NCC1(c2ccccc2)CCN(C)CC1. The van der Waals surface area contributed by atoms with E-state index in [1.165, 1.54) is 11.9 Å². The first-order valence-electron chi connectivity index (χ1n) is 8.93. The molecule has 25 heavy (non-hydrogen) atoms. The Labute approximate surface area is 149 Å². The number of nitrogens with one attached hydrogen (secondary N) is 1. The minimum atomic E-state index is -0.138. The van der Waals surface area contributed by atoms with E-state index in [9.17, 15) is 4.79 Å². The van der Waals surface area contributed by atoms with Crippen LogP contribution in [0.4, 0.5) is 0 Å². The van der Waals surface area contributed by atoms with Gasteiger partial charge in [0, 0.05) is 12.0 Å². The fourth-order valence-electron chi connectivity index (χ4n) is 3.53. The molecule has 2 aromatic rings. The number of aromatic nitrogens is 3. The van der Waals surface area contributed by atoms with E-state index < -0.39 is 0 Å². The third-order valence-electron chi connectivity index (χ3n) is 5.31. The smallest absolute Gasteiger partial charge is 0.224 e. The van der Waals surface area contributed by atoms with Crippen LogP contribution in [0.1, 0.15) is 25.3 Å². The van der Waals surface area contributed by atoms with E-state index in [2.05, 4.69) is 51.6 Å². The zero-order chi connectivity index (χ0) is 17.7. The summed E-state index contributed by atoms with van der Waals surface area (Å²) in [5.74, 6) is -0.0643. The quantitative estimate of drug-likeness (QED) is 0.869. The predicted octanol–water partition coefficient (Wildman–Crippen LogP) is 1.69. The maximum absolute atomic E-state index is 12.6. The molecule has 0 bridgehead atoms. The molecule has 134 valence electrons. The molecule has 1 saturated heterocycles. The number of likely N-dealkylation sites (tertiary alicyclic amines) is 1. The standard InChI is InChI=1S/C19H27N5O/c1-16(12-24-15-20-14-22-24)18(25)21-13-19(8-10-23(2)11-9-19)17-6-4-3-5-7-17/h3-7,14-16H,8-13H2,1-2H3,(H,21,25). The molecule has 1 aromatic carbocycles. The van der Waals surface area contributed by atoms with Gasteiger partial charge in [-0.1, -0.05) is 37.3 Å². The van der Waals surface area contributed by atoms with Gasteiger partial charge in [-0.3, -0.25) is 9.48 Å². The Balaban J connectivity index is 1.65. The Bertz CT molecular complexity index is 662. The van der Waals surface area contributed by atoms with Crippen molar-refractivity contribution < 1.29 is 4.79 Å². The lowest BCUT2D eigenvalue weighted by Gasteiger charge is -2.41. The number of carbonyl (C=O) groups excluding carboxylic acids is 1. The molecule has 6 heteroatoms. The summed E-state index contributed by atoms with van der Waals surface area (Å²) in [7, 11) is 2.16. The van der Waals surface area contributed by atoms with Crippen LogP contribution in [0.5, 0.6) is 0 Å². The van der Waals surface area contributed by atoms with Crippen LogP contribution in [0.3, 0.4) is 0 Å². The molecular weight excluding hydrogens is 314 g/mol. The van der Waals surface area contributed by atoms with E-state index in [0.29, 0.717) is 13.1 Å². The summed E-state index contributed by atoms with van der Waals surface area (Å²) in [4.78, 5) is 18.9. The van der Waals surface area contributed by atoms with Crippen LogP contribution < -0.4 is 5.32 Å². The molecule has 1 atom stereocenters. The third-order valence-corrected chi connectivity index (χ3v) is 5.31. The Hall–Kier alpha value is -2.21. The van der Waals surface area contributed by atoms with Crippen molar-refractivity contribution in [1.82, 2.24) is 25.0 Å². The first-order chi connectivity index (χ1) is 12.1. The fourth-order valence-corrected chi connectivity index (χ4v) is 3.53. The van der Waals surface area contributed by atoms with Gasteiger partial charge < -0.3 is 10.2 Å². The van der Waals surface area contributed by atoms with Crippen molar-refractivity contribution in [2.24, 2.45) is 5.92 Å². The Morgan fingerprint density at radius 3 is 2.64 bits per heavy atom. The zero-order valence-electron chi connectivity index (χ0n) is 15.1. The molecule has 1 aromatic heterocycles. The molecule has 1 aliphatic heterocycles. The van der Waals surface area contributed by atoms with Crippen molar-refractivity contribution in [3.05, 3.63) is 48.5 Å². The molecule has 2 heterocycles. The van der Waals surface area contributed by atoms with Gasteiger partial charge in [-0.05, 0) is 38.5 Å². The summed E-state index contributed by atoms with van der Waals surface area (Å²) in [6.45, 7) is 5.28. The van der Waals surface area contributed by atoms with Gasteiger partial charge in [0.15, 0.2) is 0 Å². The Kier molecular flexibility index (Phi) is 5.48. The molecular formula is C19H27N5O. The van der Waals surface area contributed by atoms with E-state index in [4.69, 9.17) is 0 Å². The highest BCUT2D eigenvalue weighted by Crippen LogP contribution is 2.34. The zero-order valence-corrected chi connectivity index (χ0v) is 15.1. The fraction of sp³-hybridized carbons (Fsp3) is 0.526. The molecule has 0 radical (unpaired) electrons. The lowest BCUT2D eigenvalue weighted by atomic mass is 9.72. The summed E-state index contributed by atoms with van der Waals surface area (Å²) in [6.07, 6.45) is 5.26. The number of hydrogen-bond donors (Lipinski definition) is 1. The van der Waals surface area contributed by atoms with Crippen molar-refractivity contribution in [2.45, 2.75) is 31.7 Å². The number of carbonyl (C=O) groups is 1. The second-order valence-corrected chi connectivity index (χ2v) is 7.19. The van der Waals surface area contributed by atoms with Gasteiger partial charge in [0.2, 0.25) is 5.91 Å². The van der Waals surface area contributed by atoms with Crippen LogP contribution in [-0.2, 0) is 16.8 Å². The highest BCUT2D eigenvalue weighted by atomic mass is 16.1. The number of piperidine rings is 1. The van der Waals surface area contributed by atoms with Crippen LogP contribution in [0.2, 0.25) is 0 Å². The first-order valence-corrected chi connectivity index (χ1v) is 8.93. The van der Waals surface area contributed by atoms with Crippen LogP contribution in [-0.4, -0.2) is 52.3 Å². The van der Waals surface area contributed by atoms with E-state index in [0.717, 1.165) is 25.9 Å². The molecule has 0 saturated carbocycles. The maximum atomic E-state index is 12.6. The number of amides is 1. The van der Waals surface area contributed by atoms with E-state index in [1.54, 1.807) is 11.0 Å². The number of hydrogen-bond acceptors (Lipinski definition) is 4. The summed E-state index contributed by atoms with van der Waals surface area (Å²) < 4.78 is 1.70. The number of benzene rings is 1. The molecule has 0 spiro atoms. The highest BCUT2D eigenvalue weighted by Gasteiger charge is 2.35. The van der Waals surface area contributed by atoms with Gasteiger partial charge in [-0.2, -0.15) is 5.10 Å². The Morgan fingerprint density at radius 1 is 1.28 bits per heavy atom. The van der Waals surface area contributed by atoms with Gasteiger partial charge in [0.25, 0.3) is 0 Å². The van der Waals surface area contributed by atoms with E-state index >= 15 is 0 Å². The van der Waals surface area contributed by atoms with Crippen LogP contribution in [0.15, 0.2) is 43.0 Å². The second-order valence-electron chi connectivity index (χ2n) is 7.19. The molecule has 3 rings (SSSR count). The summed E-state index contributed by atoms with van der Waals surface area (Å²) >= 11 is 0. The molecule has 0 aliphatic carbocycles. The topological polar surface area (TPSA) is 63.1 Å². The molecule has 1 fully saturated rings. The average Bonchev–Trinajstić information content (AvgIpc) is 3.15. The van der Waals surface area contributed by atoms with E-state index in [-0.39, 0.29) is 17.2 Å². The molecule has 6 nitrogen and oxygen atoms in total. The molecule has 1 unspecified atom stereocenters. The van der Waals surface area contributed by atoms with Crippen LogP contribution in [0.25, 0.3) is 0 Å². The summed E-state index contributed by atoms with van der Waals surface area (Å²) in [5.41, 5.74) is 1.35. The van der Waals surface area contributed by atoms with Crippen LogP contribution >= 0.6 is 0 Å². The summed E-state index contributed by atoms with van der Waals surface area (Å²) in [6, 6.07) is 10.6. The van der Waals surface area contributed by atoms with Crippen molar-refractivity contribution >= 4 is 5.91 Å². The molecule has 1 aliphatic rings. The van der Waals surface area contributed by atoms with Crippen LogP contribution in [0, 0.1) is 5.92 Å². The maximum Gasteiger partial charge on any atom is 0.224 e. The van der Waals surface area contributed by atoms with Gasteiger partial charge >= 0.3 is 0 Å². The predicted molar refractivity (Wildman–Crippen MR) is 97.0 cm³/mol. The van der Waals surface area contributed by atoms with Crippen molar-refractivity contribution in [2.75, 3.05) is 26.7 Å². The van der Waals surface area contributed by atoms with Crippen molar-refractivity contribution in [1.29, 1.82) is 0 Å². The van der Waals surface area contributed by atoms with Gasteiger partial charge in [-0.25, -0.2) is 4.98 Å². The molecule has 1 N–H and O–H groups in total. The monoisotopic (exact) mass is 341 g/mol. The largest absolute Gasteiger partial charge is 0.355 e. The normalized spacial score (nSPS) is 18.6. The van der Waals surface area contributed by atoms with Gasteiger partial charge in [-0.15, -0.1) is 0 Å². The highest BCUT2D eigenvalue weighted by molar-refractivity contribution is 5.78. The summed E-state index contributed by atoms with van der Waals surface area (Å²) in [5, 5.41) is 7.28. The average molecular weight is 341 g/mol. The second kappa shape index (κ2) is 7.78. The van der Waals surface area contributed by atoms with Crippen molar-refractivity contribution in [3.63, 3.8) is 0 Å². The minimum Gasteiger partial charge on any atom is -0.355 e. The van der Waals surface area contributed by atoms with E-state index in [1.807, 2.05) is 13.0 Å². The minimum absolute atomic E-state index is 0.0242. The Morgan fingerprint density at radius 2 is 2.00 bits per heavy atom. The lowest BCUT2D eigenvalue weighted by molar-refractivity contribution is -0.125.